The monoisotopic (exact) mass is 503 g/mol. The van der Waals surface area contributed by atoms with Crippen LogP contribution < -0.4 is 5.32 Å². The van der Waals surface area contributed by atoms with Crippen LogP contribution in [0.4, 0.5) is 4.39 Å². The van der Waals surface area contributed by atoms with E-state index in [2.05, 4.69) is 35.6 Å². The van der Waals surface area contributed by atoms with Crippen molar-refractivity contribution in [1.82, 2.24) is 15.2 Å². The lowest BCUT2D eigenvalue weighted by Crippen LogP contribution is -2.60. The number of hydrogen-bond donors (Lipinski definition) is 1. The average Bonchev–Trinajstić information content (AvgIpc) is 3.33. The Morgan fingerprint density at radius 3 is 2.67 bits per heavy atom. The molecule has 1 aliphatic carbocycles. The van der Waals surface area contributed by atoms with Crippen LogP contribution in [0.2, 0.25) is 5.15 Å². The van der Waals surface area contributed by atoms with E-state index in [1.807, 2.05) is 29.2 Å². The molecule has 1 amide bonds. The van der Waals surface area contributed by atoms with Gasteiger partial charge in [0.15, 0.2) is 0 Å². The Morgan fingerprint density at radius 1 is 1.08 bits per heavy atom. The molecule has 2 aliphatic heterocycles. The molecule has 3 heterocycles. The van der Waals surface area contributed by atoms with E-state index in [9.17, 15) is 9.18 Å². The maximum absolute atomic E-state index is 14.1. The van der Waals surface area contributed by atoms with E-state index in [1.165, 1.54) is 23.3 Å². The van der Waals surface area contributed by atoms with Crippen molar-refractivity contribution in [3.8, 4) is 0 Å². The van der Waals surface area contributed by atoms with Crippen molar-refractivity contribution in [2.24, 2.45) is 5.92 Å². The number of benzene rings is 2. The highest BCUT2D eigenvalue weighted by Crippen LogP contribution is 2.57. The van der Waals surface area contributed by atoms with Crippen molar-refractivity contribution in [2.75, 3.05) is 19.6 Å². The van der Waals surface area contributed by atoms with Crippen molar-refractivity contribution in [2.45, 2.75) is 49.0 Å². The second-order valence-corrected chi connectivity index (χ2v) is 11.0. The van der Waals surface area contributed by atoms with E-state index in [1.54, 1.807) is 0 Å². The summed E-state index contributed by atoms with van der Waals surface area (Å²) in [6, 6.07) is 21.5. The van der Waals surface area contributed by atoms with Crippen LogP contribution >= 0.6 is 11.6 Å². The van der Waals surface area contributed by atoms with Gasteiger partial charge < -0.3 is 10.2 Å². The first-order valence-electron chi connectivity index (χ1n) is 13.0. The van der Waals surface area contributed by atoms with Gasteiger partial charge in [0.1, 0.15) is 11.0 Å². The van der Waals surface area contributed by atoms with Crippen LogP contribution in [-0.4, -0.2) is 35.9 Å². The highest BCUT2D eigenvalue weighted by Gasteiger charge is 2.60. The number of nitrogens with zero attached hydrogens (tertiary/aromatic N) is 2. The lowest BCUT2D eigenvalue weighted by Gasteiger charge is -2.57. The number of aromatic nitrogens is 1. The Kier molecular flexibility index (Phi) is 6.09. The highest BCUT2D eigenvalue weighted by molar-refractivity contribution is 6.29. The molecule has 2 saturated heterocycles. The minimum atomic E-state index is -0.577. The number of likely N-dealkylation sites (tertiary alicyclic amines) is 1. The van der Waals surface area contributed by atoms with Gasteiger partial charge in [-0.05, 0) is 72.9 Å². The molecule has 2 fully saturated rings. The number of carbonyl (C=O) groups is 1. The van der Waals surface area contributed by atoms with E-state index in [4.69, 9.17) is 16.6 Å². The van der Waals surface area contributed by atoms with E-state index in [0.717, 1.165) is 62.9 Å². The molecule has 3 aromatic rings. The molecule has 6 rings (SSSR count). The van der Waals surface area contributed by atoms with Gasteiger partial charge in [-0.2, -0.15) is 0 Å². The fourth-order valence-corrected chi connectivity index (χ4v) is 7.73. The first-order chi connectivity index (χ1) is 17.6. The summed E-state index contributed by atoms with van der Waals surface area (Å²) in [6.07, 6.45) is 5.70. The van der Waals surface area contributed by atoms with Crippen molar-refractivity contribution >= 4 is 18.0 Å². The molecule has 3 unspecified atom stereocenters. The molecular weight excluding hydrogens is 473 g/mol. The first kappa shape index (κ1) is 23.6. The van der Waals surface area contributed by atoms with Gasteiger partial charge in [0, 0.05) is 36.7 Å². The number of fused-ring (bicyclic) bond motifs is 2. The Hall–Kier alpha value is -2.76. The fraction of sp³-hybridized carbons (Fsp3) is 0.400. The van der Waals surface area contributed by atoms with Gasteiger partial charge in [-0.3, -0.25) is 4.79 Å². The van der Waals surface area contributed by atoms with E-state index in [-0.39, 0.29) is 17.2 Å². The molecule has 4 atom stereocenters. The lowest BCUT2D eigenvalue weighted by molar-refractivity contribution is -0.132. The number of hydrogen-bond acceptors (Lipinski definition) is 3. The summed E-state index contributed by atoms with van der Waals surface area (Å²) in [5.74, 6) is 0.147. The number of aryl methyl sites for hydroxylation is 1. The van der Waals surface area contributed by atoms with E-state index >= 15 is 0 Å². The SMILES string of the molecule is O=CN1CCC(c2ccccc2)CC1(c1ccc(F)cc1)[C@@H]1CNCC12CCCc1nc(Cl)ccc12. The molecule has 1 N–H and O–H groups in total. The molecule has 1 aromatic heterocycles. The second-order valence-electron chi connectivity index (χ2n) is 10.7. The van der Waals surface area contributed by atoms with Crippen LogP contribution in [0.15, 0.2) is 66.7 Å². The Balaban J connectivity index is 1.55. The topological polar surface area (TPSA) is 45.2 Å². The van der Waals surface area contributed by atoms with Gasteiger partial charge in [-0.15, -0.1) is 0 Å². The zero-order chi connectivity index (χ0) is 24.8. The third kappa shape index (κ3) is 3.67. The highest BCUT2D eigenvalue weighted by atomic mass is 35.5. The molecule has 6 heteroatoms. The molecule has 1 spiro atoms. The average molecular weight is 504 g/mol. The molecule has 186 valence electrons. The maximum Gasteiger partial charge on any atom is 0.210 e. The summed E-state index contributed by atoms with van der Waals surface area (Å²) in [5, 5.41) is 4.24. The van der Waals surface area contributed by atoms with Crippen LogP contribution in [0.3, 0.4) is 0 Å². The fourth-order valence-electron chi connectivity index (χ4n) is 7.57. The van der Waals surface area contributed by atoms with Gasteiger partial charge in [0.25, 0.3) is 0 Å². The maximum atomic E-state index is 14.1. The summed E-state index contributed by atoms with van der Waals surface area (Å²) >= 11 is 6.31. The molecule has 4 nitrogen and oxygen atoms in total. The van der Waals surface area contributed by atoms with Crippen molar-refractivity contribution in [3.63, 3.8) is 0 Å². The number of piperidine rings is 1. The quantitative estimate of drug-likeness (QED) is 0.372. The van der Waals surface area contributed by atoms with Gasteiger partial charge in [0.2, 0.25) is 6.41 Å². The number of carbonyl (C=O) groups excluding carboxylic acids is 1. The summed E-state index contributed by atoms with van der Waals surface area (Å²) < 4.78 is 14.1. The third-order valence-corrected chi connectivity index (χ3v) is 9.29. The van der Waals surface area contributed by atoms with Crippen LogP contribution in [0.5, 0.6) is 0 Å². The van der Waals surface area contributed by atoms with Crippen molar-refractivity contribution < 1.29 is 9.18 Å². The Labute approximate surface area is 216 Å². The minimum Gasteiger partial charge on any atom is -0.335 e. The van der Waals surface area contributed by atoms with Crippen molar-refractivity contribution in [1.29, 1.82) is 0 Å². The summed E-state index contributed by atoms with van der Waals surface area (Å²) in [5.41, 5.74) is 3.88. The van der Waals surface area contributed by atoms with Crippen molar-refractivity contribution in [3.05, 3.63) is 100 Å². The largest absolute Gasteiger partial charge is 0.335 e. The molecule has 36 heavy (non-hydrogen) atoms. The standard InChI is InChI=1S/C30H31ClFN3O/c31-28-13-12-25-26(34-28)7-4-15-29(25)19-33-18-27(29)30(23-8-10-24(32)11-9-23)17-22(14-16-35(30)20-36)21-5-2-1-3-6-21/h1-3,5-6,8-13,20,22,27,33H,4,7,14-19H2/t22?,27-,29?,30?/m1/s1. The Bertz CT molecular complexity index is 1250. The number of nitrogens with one attached hydrogen (secondary N) is 1. The second kappa shape index (κ2) is 9.28. The zero-order valence-corrected chi connectivity index (χ0v) is 21.1. The Morgan fingerprint density at radius 2 is 1.89 bits per heavy atom. The van der Waals surface area contributed by atoms with Crippen LogP contribution in [0.25, 0.3) is 0 Å². The summed E-state index contributed by atoms with van der Waals surface area (Å²) in [6.45, 7) is 2.28. The van der Waals surface area contributed by atoms with E-state index < -0.39 is 5.54 Å². The smallest absolute Gasteiger partial charge is 0.210 e. The van der Waals surface area contributed by atoms with Crippen LogP contribution in [0.1, 0.15) is 54.0 Å². The van der Waals surface area contributed by atoms with Gasteiger partial charge >= 0.3 is 0 Å². The molecule has 0 bridgehead atoms. The first-order valence-corrected chi connectivity index (χ1v) is 13.3. The molecular formula is C30H31ClFN3O. The predicted octanol–water partition coefficient (Wildman–Crippen LogP) is 5.60. The predicted molar refractivity (Wildman–Crippen MR) is 139 cm³/mol. The normalized spacial score (nSPS) is 29.8. The summed E-state index contributed by atoms with van der Waals surface area (Å²) in [7, 11) is 0. The molecule has 0 radical (unpaired) electrons. The lowest BCUT2D eigenvalue weighted by atomic mass is 9.55. The number of amides is 1. The zero-order valence-electron chi connectivity index (χ0n) is 20.3. The van der Waals surface area contributed by atoms with Gasteiger partial charge in [-0.1, -0.05) is 60.1 Å². The van der Waals surface area contributed by atoms with E-state index in [0.29, 0.717) is 17.6 Å². The van der Waals surface area contributed by atoms with Gasteiger partial charge in [0.05, 0.1) is 5.54 Å². The number of halogens is 2. The summed E-state index contributed by atoms with van der Waals surface area (Å²) in [4.78, 5) is 19.5. The minimum absolute atomic E-state index is 0.106. The third-order valence-electron chi connectivity index (χ3n) is 9.08. The molecule has 0 saturated carbocycles. The van der Waals surface area contributed by atoms with Crippen LogP contribution in [0, 0.1) is 11.7 Å². The number of pyridine rings is 1. The molecule has 2 aromatic carbocycles. The molecule has 3 aliphatic rings. The van der Waals surface area contributed by atoms with Gasteiger partial charge in [-0.25, -0.2) is 9.37 Å². The van der Waals surface area contributed by atoms with Crippen LogP contribution in [-0.2, 0) is 22.2 Å². The number of rotatable bonds is 4.